The summed E-state index contributed by atoms with van der Waals surface area (Å²) in [4.78, 5) is 4.48. The van der Waals surface area contributed by atoms with Crippen LogP contribution in [-0.4, -0.2) is 35.4 Å². The van der Waals surface area contributed by atoms with Crippen LogP contribution in [0.5, 0.6) is 0 Å². The van der Waals surface area contributed by atoms with Crippen molar-refractivity contribution in [1.82, 2.24) is 21.0 Å². The van der Waals surface area contributed by atoms with Gasteiger partial charge in [-0.1, -0.05) is 6.07 Å². The molecule has 0 radical (unpaired) electrons. The van der Waals surface area contributed by atoms with E-state index in [4.69, 9.17) is 9.31 Å². The van der Waals surface area contributed by atoms with Crippen molar-refractivity contribution in [3.63, 3.8) is 0 Å². The minimum absolute atomic E-state index is 0.335. The SMILES string of the molecule is CN1C=C(c2ccc(B3OC(C)(C)C(C)(C)O3)cn2)NN1. The van der Waals surface area contributed by atoms with Crippen LogP contribution in [0.15, 0.2) is 24.5 Å². The third kappa shape index (κ3) is 2.52. The molecule has 2 aliphatic rings. The maximum atomic E-state index is 6.02. The molecule has 1 aromatic heterocycles. The molecule has 2 aliphatic heterocycles. The lowest BCUT2D eigenvalue weighted by atomic mass is 9.80. The van der Waals surface area contributed by atoms with Gasteiger partial charge in [0.1, 0.15) is 0 Å². The fourth-order valence-corrected chi connectivity index (χ4v) is 2.22. The molecule has 3 heterocycles. The zero-order chi connectivity index (χ0) is 15.3. The van der Waals surface area contributed by atoms with E-state index >= 15 is 0 Å². The lowest BCUT2D eigenvalue weighted by Crippen LogP contribution is -2.41. The Morgan fingerprint density at radius 2 is 1.81 bits per heavy atom. The Hall–Kier alpha value is -1.57. The summed E-state index contributed by atoms with van der Waals surface area (Å²) in [6.45, 7) is 8.18. The van der Waals surface area contributed by atoms with Gasteiger partial charge in [0.2, 0.25) is 0 Å². The summed E-state index contributed by atoms with van der Waals surface area (Å²) < 4.78 is 12.0. The highest BCUT2D eigenvalue weighted by atomic mass is 16.7. The Morgan fingerprint density at radius 1 is 1.14 bits per heavy atom. The molecule has 3 rings (SSSR count). The first kappa shape index (κ1) is 14.4. The van der Waals surface area contributed by atoms with Gasteiger partial charge < -0.3 is 14.7 Å². The van der Waals surface area contributed by atoms with Crippen LogP contribution in [0.3, 0.4) is 0 Å². The Bertz CT molecular complexity index is 555. The minimum atomic E-state index is -0.372. The monoisotopic (exact) mass is 288 g/mol. The third-order valence-electron chi connectivity index (χ3n) is 4.28. The highest BCUT2D eigenvalue weighted by Gasteiger charge is 2.51. The van der Waals surface area contributed by atoms with E-state index in [0.717, 1.165) is 16.9 Å². The largest absolute Gasteiger partial charge is 0.496 e. The van der Waals surface area contributed by atoms with Crippen LogP contribution in [0, 0.1) is 0 Å². The van der Waals surface area contributed by atoms with Crippen LogP contribution in [-0.2, 0) is 9.31 Å². The second kappa shape index (κ2) is 4.73. The van der Waals surface area contributed by atoms with Gasteiger partial charge in [0.15, 0.2) is 0 Å². The average molecular weight is 288 g/mol. The van der Waals surface area contributed by atoms with Crippen molar-refractivity contribution in [3.05, 3.63) is 30.2 Å². The zero-order valence-electron chi connectivity index (χ0n) is 13.1. The van der Waals surface area contributed by atoms with Gasteiger partial charge in [-0.15, -0.1) is 5.53 Å². The predicted octanol–water partition coefficient (Wildman–Crippen LogP) is 0.634. The summed E-state index contributed by atoms with van der Waals surface area (Å²) in [6, 6.07) is 3.95. The maximum absolute atomic E-state index is 6.02. The van der Waals surface area contributed by atoms with Crippen molar-refractivity contribution in [2.45, 2.75) is 38.9 Å². The molecule has 6 nitrogen and oxygen atoms in total. The van der Waals surface area contributed by atoms with E-state index in [2.05, 4.69) is 15.9 Å². The molecule has 0 aliphatic carbocycles. The molecule has 21 heavy (non-hydrogen) atoms. The number of hydrogen-bond donors (Lipinski definition) is 2. The number of nitrogens with one attached hydrogen (secondary N) is 2. The first-order valence-electron chi connectivity index (χ1n) is 7.07. The maximum Gasteiger partial charge on any atom is 0.496 e. The highest BCUT2D eigenvalue weighted by Crippen LogP contribution is 2.36. The first-order chi connectivity index (χ1) is 9.78. The van der Waals surface area contributed by atoms with Gasteiger partial charge in [-0.2, -0.15) is 0 Å². The first-order valence-corrected chi connectivity index (χ1v) is 7.07. The van der Waals surface area contributed by atoms with Crippen molar-refractivity contribution in [2.24, 2.45) is 0 Å². The van der Waals surface area contributed by atoms with Gasteiger partial charge in [-0.05, 0) is 33.8 Å². The molecule has 7 heteroatoms. The molecule has 0 unspecified atom stereocenters. The molecule has 0 bridgehead atoms. The summed E-state index contributed by atoms with van der Waals surface area (Å²) >= 11 is 0. The molecule has 1 saturated heterocycles. The second-order valence-electron chi connectivity index (χ2n) is 6.46. The molecular weight excluding hydrogens is 267 g/mol. The van der Waals surface area contributed by atoms with Gasteiger partial charge >= 0.3 is 7.12 Å². The van der Waals surface area contributed by atoms with Gasteiger partial charge in [0, 0.05) is 24.9 Å². The number of hydrogen-bond acceptors (Lipinski definition) is 6. The van der Waals surface area contributed by atoms with Crippen molar-refractivity contribution in [1.29, 1.82) is 0 Å². The lowest BCUT2D eigenvalue weighted by Gasteiger charge is -2.32. The summed E-state index contributed by atoms with van der Waals surface area (Å²) in [6.07, 6.45) is 3.75. The second-order valence-corrected chi connectivity index (χ2v) is 6.46. The number of aromatic nitrogens is 1. The summed E-state index contributed by atoms with van der Waals surface area (Å²) in [5.74, 6) is 0. The fourth-order valence-electron chi connectivity index (χ4n) is 2.22. The molecule has 112 valence electrons. The van der Waals surface area contributed by atoms with E-state index in [-0.39, 0.29) is 18.3 Å². The van der Waals surface area contributed by atoms with E-state index in [1.54, 1.807) is 6.20 Å². The summed E-state index contributed by atoms with van der Waals surface area (Å²) in [5.41, 5.74) is 8.07. The summed E-state index contributed by atoms with van der Waals surface area (Å²) in [7, 11) is 1.54. The Kier molecular flexibility index (Phi) is 3.24. The minimum Gasteiger partial charge on any atom is -0.399 e. The van der Waals surface area contributed by atoms with Crippen molar-refractivity contribution in [2.75, 3.05) is 7.05 Å². The average Bonchev–Trinajstić information content (AvgIpc) is 2.92. The van der Waals surface area contributed by atoms with Gasteiger partial charge in [-0.3, -0.25) is 9.99 Å². The third-order valence-corrected chi connectivity index (χ3v) is 4.28. The standard InChI is InChI=1S/C14H21BN4O2/c1-13(2)14(3,4)21-15(20-13)10-6-7-11(16-8-10)12-9-19(5)18-17-12/h6-9,17-18H,1-5H3. The van der Waals surface area contributed by atoms with E-state index < -0.39 is 0 Å². The smallest absolute Gasteiger partial charge is 0.399 e. The molecule has 1 fully saturated rings. The van der Waals surface area contributed by atoms with Crippen LogP contribution in [0.4, 0.5) is 0 Å². The Morgan fingerprint density at radius 3 is 2.29 bits per heavy atom. The molecule has 0 amide bonds. The number of hydrazine groups is 2. The van der Waals surface area contributed by atoms with E-state index in [9.17, 15) is 0 Å². The number of nitrogens with zero attached hydrogens (tertiary/aromatic N) is 2. The zero-order valence-corrected chi connectivity index (χ0v) is 13.1. The molecule has 0 aromatic carbocycles. The van der Waals surface area contributed by atoms with Crippen molar-refractivity contribution in [3.8, 4) is 0 Å². The van der Waals surface area contributed by atoms with Crippen LogP contribution in [0.2, 0.25) is 0 Å². The van der Waals surface area contributed by atoms with Gasteiger partial charge in [0.25, 0.3) is 0 Å². The van der Waals surface area contributed by atoms with E-state index in [0.29, 0.717) is 0 Å². The fraction of sp³-hybridized carbons (Fsp3) is 0.500. The molecule has 2 N–H and O–H groups in total. The predicted molar refractivity (Wildman–Crippen MR) is 82.0 cm³/mol. The number of rotatable bonds is 2. The molecule has 0 saturated carbocycles. The van der Waals surface area contributed by atoms with Crippen LogP contribution in [0.25, 0.3) is 5.70 Å². The van der Waals surface area contributed by atoms with Crippen LogP contribution >= 0.6 is 0 Å². The van der Waals surface area contributed by atoms with E-state index in [1.165, 1.54) is 0 Å². The Labute approximate surface area is 125 Å². The Balaban J connectivity index is 1.78. The molecular formula is C14H21BN4O2. The number of pyridine rings is 1. The highest BCUT2D eigenvalue weighted by molar-refractivity contribution is 6.62. The van der Waals surface area contributed by atoms with Crippen molar-refractivity contribution >= 4 is 18.3 Å². The molecule has 1 aromatic rings. The van der Waals surface area contributed by atoms with Crippen LogP contribution < -0.4 is 16.4 Å². The quantitative estimate of drug-likeness (QED) is 0.779. The van der Waals surface area contributed by atoms with Crippen molar-refractivity contribution < 1.29 is 9.31 Å². The van der Waals surface area contributed by atoms with Gasteiger partial charge in [0.05, 0.1) is 22.6 Å². The van der Waals surface area contributed by atoms with Gasteiger partial charge in [-0.25, -0.2) is 0 Å². The van der Waals surface area contributed by atoms with E-state index in [1.807, 2.05) is 58.1 Å². The topological polar surface area (TPSA) is 58.7 Å². The lowest BCUT2D eigenvalue weighted by molar-refractivity contribution is 0.00578. The molecule has 0 atom stereocenters. The summed E-state index contributed by atoms with van der Waals surface area (Å²) in [5, 5.41) is 1.83. The van der Waals surface area contributed by atoms with Crippen LogP contribution in [0.1, 0.15) is 33.4 Å². The molecule has 0 spiro atoms. The normalized spacial score (nSPS) is 23.2.